The molecule has 1 fully saturated rings. The lowest BCUT2D eigenvalue weighted by molar-refractivity contribution is -0.145. The van der Waals surface area contributed by atoms with Gasteiger partial charge in [0.05, 0.1) is 37.8 Å². The number of hydrogen-bond donors (Lipinski definition) is 2. The number of nitrogens with zero attached hydrogens (tertiary/aromatic N) is 1. The molecule has 2 aromatic rings. The Morgan fingerprint density at radius 1 is 1.16 bits per heavy atom. The molecule has 3 atom stereocenters. The molecule has 0 amide bonds. The van der Waals surface area contributed by atoms with Gasteiger partial charge in [-0.15, -0.1) is 4.72 Å². The van der Waals surface area contributed by atoms with Gasteiger partial charge in [0.2, 0.25) is 0 Å². The lowest BCUT2D eigenvalue weighted by atomic mass is 10.1. The average molecular weight is 457 g/mol. The third-order valence-electron chi connectivity index (χ3n) is 5.05. The van der Waals surface area contributed by atoms with Crippen molar-refractivity contribution in [3.8, 4) is 11.8 Å². The van der Waals surface area contributed by atoms with Crippen molar-refractivity contribution in [2.75, 3.05) is 33.4 Å². The summed E-state index contributed by atoms with van der Waals surface area (Å²) >= 11 is -1.68. The second-order valence-corrected chi connectivity index (χ2v) is 8.73. The van der Waals surface area contributed by atoms with Crippen LogP contribution in [-0.2, 0) is 32.2 Å². The summed E-state index contributed by atoms with van der Waals surface area (Å²) in [6.07, 6.45) is -1.04. The van der Waals surface area contributed by atoms with Gasteiger partial charge in [0, 0.05) is 30.8 Å². The van der Waals surface area contributed by atoms with Gasteiger partial charge in [-0.05, 0) is 48.9 Å². The predicted molar refractivity (Wildman–Crippen MR) is 122 cm³/mol. The summed E-state index contributed by atoms with van der Waals surface area (Å²) in [6.45, 7) is 5.84. The number of carbonyl (C=O) groups excluding carboxylic acids is 1. The molecule has 0 aliphatic carbocycles. The van der Waals surface area contributed by atoms with E-state index in [0.29, 0.717) is 4.90 Å². The molecule has 0 saturated carbocycles. The van der Waals surface area contributed by atoms with E-state index in [9.17, 15) is 14.5 Å². The molecule has 0 radical (unpaired) electrons. The van der Waals surface area contributed by atoms with E-state index >= 15 is 0 Å². The Morgan fingerprint density at radius 3 is 2.25 bits per heavy atom. The first kappa shape index (κ1) is 24.3. The molecule has 0 aromatic heterocycles. The minimum absolute atomic E-state index is 0.470. The third kappa shape index (κ3) is 7.07. The molecule has 1 aliphatic rings. The maximum absolute atomic E-state index is 12.5. The zero-order valence-electron chi connectivity index (χ0n) is 18.2. The van der Waals surface area contributed by atoms with Crippen molar-refractivity contribution in [1.29, 1.82) is 0 Å². The molecule has 1 aliphatic heterocycles. The van der Waals surface area contributed by atoms with Gasteiger partial charge >= 0.3 is 5.97 Å². The van der Waals surface area contributed by atoms with Crippen LogP contribution in [0.2, 0.25) is 0 Å². The van der Waals surface area contributed by atoms with Gasteiger partial charge in [0.25, 0.3) is 0 Å². The van der Waals surface area contributed by atoms with Gasteiger partial charge in [-0.1, -0.05) is 24.0 Å². The monoisotopic (exact) mass is 456 g/mol. The fourth-order valence-corrected chi connectivity index (χ4v) is 4.21. The molecule has 2 aromatic carbocycles. The summed E-state index contributed by atoms with van der Waals surface area (Å²) in [5.41, 5.74) is 2.95. The molecule has 2 N–H and O–H groups in total. The minimum atomic E-state index is -1.68. The zero-order valence-corrected chi connectivity index (χ0v) is 19.1. The number of morpholine rings is 1. The molecule has 170 valence electrons. The molecule has 0 spiro atoms. The zero-order chi connectivity index (χ0) is 22.9. The average Bonchev–Trinajstić information content (AvgIpc) is 2.82. The van der Waals surface area contributed by atoms with Crippen LogP contribution in [0.5, 0.6) is 0 Å². The van der Waals surface area contributed by atoms with Crippen LogP contribution in [-0.4, -0.2) is 66.1 Å². The Kier molecular flexibility index (Phi) is 9.11. The molecule has 3 rings (SSSR count). The highest BCUT2D eigenvalue weighted by Gasteiger charge is 2.30. The molecule has 1 heterocycles. The Hall–Kier alpha value is -2.38. The Balaban J connectivity index is 1.58. The Morgan fingerprint density at radius 2 is 1.72 bits per heavy atom. The molecule has 2 unspecified atom stereocenters. The van der Waals surface area contributed by atoms with E-state index < -0.39 is 29.5 Å². The van der Waals surface area contributed by atoms with Crippen LogP contribution >= 0.6 is 0 Å². The highest BCUT2D eigenvalue weighted by Crippen LogP contribution is 2.13. The number of aliphatic hydroxyl groups is 1. The number of methoxy groups -OCH3 is 1. The quantitative estimate of drug-likeness (QED) is 0.370. The van der Waals surface area contributed by atoms with Crippen LogP contribution in [0, 0.1) is 11.8 Å². The van der Waals surface area contributed by atoms with Crippen molar-refractivity contribution in [3.63, 3.8) is 0 Å². The predicted octanol–water partition coefficient (Wildman–Crippen LogP) is 1.45. The minimum Gasteiger partial charge on any atom is -0.593 e. The van der Waals surface area contributed by atoms with E-state index in [1.165, 1.54) is 19.6 Å². The van der Waals surface area contributed by atoms with Gasteiger partial charge in [-0.3, -0.25) is 9.69 Å². The van der Waals surface area contributed by atoms with Crippen molar-refractivity contribution in [2.45, 2.75) is 30.5 Å². The van der Waals surface area contributed by atoms with Crippen LogP contribution in [0.1, 0.15) is 23.6 Å². The van der Waals surface area contributed by atoms with E-state index in [0.717, 1.165) is 44.0 Å². The van der Waals surface area contributed by atoms with Crippen LogP contribution in [0.15, 0.2) is 53.4 Å². The molecule has 7 nitrogen and oxygen atoms in total. The van der Waals surface area contributed by atoms with E-state index in [1.807, 2.05) is 12.1 Å². The number of hydrogen-bond acceptors (Lipinski definition) is 7. The summed E-state index contributed by atoms with van der Waals surface area (Å²) in [7, 11) is 1.22. The summed E-state index contributed by atoms with van der Waals surface area (Å²) in [5, 5.41) is 9.71. The molecule has 0 bridgehead atoms. The van der Waals surface area contributed by atoms with Gasteiger partial charge < -0.3 is 19.1 Å². The van der Waals surface area contributed by atoms with Crippen molar-refractivity contribution in [3.05, 3.63) is 65.2 Å². The highest BCUT2D eigenvalue weighted by molar-refractivity contribution is 7.89. The number of benzene rings is 2. The molecule has 1 saturated heterocycles. The third-order valence-corrected chi connectivity index (χ3v) is 6.22. The van der Waals surface area contributed by atoms with Crippen LogP contribution in [0.3, 0.4) is 0 Å². The maximum atomic E-state index is 12.5. The van der Waals surface area contributed by atoms with Crippen molar-refractivity contribution in [1.82, 2.24) is 9.62 Å². The molecular formula is C24H28N2O5S. The summed E-state index contributed by atoms with van der Waals surface area (Å²) in [5.74, 6) is 5.57. The summed E-state index contributed by atoms with van der Waals surface area (Å²) in [4.78, 5) is 14.6. The largest absolute Gasteiger partial charge is 0.593 e. The standard InChI is InChI=1S/C24H28N2O5S/c1-18(27)23(24(28)30-2)25-32(29)22-11-9-20(10-12-22)4-3-19-5-7-21(8-6-19)17-26-13-15-31-16-14-26/h5-12,18,23,25,27H,13-17H2,1-2H3/t18-,23?,32?/m1/s1. The number of ether oxygens (including phenoxy) is 2. The van der Waals surface area contributed by atoms with Gasteiger partial charge in [-0.25, -0.2) is 0 Å². The topological polar surface area (TPSA) is 94.1 Å². The highest BCUT2D eigenvalue weighted by atomic mass is 32.2. The fourth-order valence-electron chi connectivity index (χ4n) is 3.17. The SMILES string of the molecule is COC(=O)C(N[S+]([O-])c1ccc(C#Cc2ccc(CN3CCOCC3)cc2)cc1)[C@@H](C)O. The summed E-state index contributed by atoms with van der Waals surface area (Å²) in [6, 6.07) is 14.0. The smallest absolute Gasteiger partial charge is 0.330 e. The lowest BCUT2D eigenvalue weighted by Crippen LogP contribution is -2.48. The van der Waals surface area contributed by atoms with Crippen molar-refractivity contribution in [2.24, 2.45) is 0 Å². The van der Waals surface area contributed by atoms with Gasteiger partial charge in [0.15, 0.2) is 10.9 Å². The Labute approximate surface area is 192 Å². The van der Waals surface area contributed by atoms with E-state index in [2.05, 4.69) is 38.3 Å². The number of aliphatic hydroxyl groups excluding tert-OH is 1. The molecular weight excluding hydrogens is 428 g/mol. The van der Waals surface area contributed by atoms with E-state index in [1.54, 1.807) is 24.3 Å². The van der Waals surface area contributed by atoms with Crippen molar-refractivity contribution >= 4 is 17.3 Å². The Bertz CT molecular complexity index is 932. The molecule has 8 heteroatoms. The maximum Gasteiger partial charge on any atom is 0.330 e. The van der Waals surface area contributed by atoms with Gasteiger partial charge in [0.1, 0.15) is 0 Å². The first-order chi connectivity index (χ1) is 15.5. The van der Waals surface area contributed by atoms with Gasteiger partial charge in [-0.2, -0.15) is 0 Å². The molecule has 32 heavy (non-hydrogen) atoms. The van der Waals surface area contributed by atoms with Crippen LogP contribution < -0.4 is 4.72 Å². The first-order valence-corrected chi connectivity index (χ1v) is 11.6. The first-order valence-electron chi connectivity index (χ1n) is 10.4. The van der Waals surface area contributed by atoms with Crippen molar-refractivity contribution < 1.29 is 23.9 Å². The fraction of sp³-hybridized carbons (Fsp3) is 0.375. The lowest BCUT2D eigenvalue weighted by Gasteiger charge is -2.26. The van der Waals surface area contributed by atoms with E-state index in [4.69, 9.17) is 4.74 Å². The second-order valence-electron chi connectivity index (χ2n) is 7.49. The number of nitrogens with one attached hydrogen (secondary N) is 1. The van der Waals surface area contributed by atoms with E-state index in [-0.39, 0.29) is 0 Å². The van der Waals surface area contributed by atoms with Crippen LogP contribution in [0.4, 0.5) is 0 Å². The summed E-state index contributed by atoms with van der Waals surface area (Å²) < 4.78 is 25.1. The number of esters is 1. The van der Waals surface area contributed by atoms with Crippen LogP contribution in [0.25, 0.3) is 0 Å². The number of rotatable bonds is 7. The second kappa shape index (κ2) is 12.0. The number of carbonyl (C=O) groups is 1. The normalized spacial score (nSPS) is 17.0.